The molecule has 2 aromatic carbocycles. The number of carbonyl (C=O) groups excluding carboxylic acids is 1. The minimum absolute atomic E-state index is 0.0132. The summed E-state index contributed by atoms with van der Waals surface area (Å²) >= 11 is 3.43. The monoisotopic (exact) mass is 425 g/mol. The number of carbonyl (C=O) groups is 1. The van der Waals surface area contributed by atoms with Crippen LogP contribution in [0.1, 0.15) is 47.6 Å². The molecule has 0 unspecified atom stereocenters. The van der Waals surface area contributed by atoms with Gasteiger partial charge in [0.05, 0.1) is 16.9 Å². The van der Waals surface area contributed by atoms with Crippen molar-refractivity contribution in [3.05, 3.63) is 74.2 Å². The first-order valence-corrected chi connectivity index (χ1v) is 9.96. The lowest BCUT2D eigenvalue weighted by atomic mass is 10.0. The van der Waals surface area contributed by atoms with Crippen LogP contribution in [-0.2, 0) is 13.0 Å². The van der Waals surface area contributed by atoms with E-state index in [1.54, 1.807) is 22.8 Å². The van der Waals surface area contributed by atoms with Crippen LogP contribution in [0, 0.1) is 0 Å². The molecule has 1 N–H and O–H groups in total. The molecule has 6 heteroatoms. The first-order valence-electron chi connectivity index (χ1n) is 9.16. The Morgan fingerprint density at radius 3 is 2.78 bits per heavy atom. The summed E-state index contributed by atoms with van der Waals surface area (Å²) in [5.41, 5.74) is 2.16. The van der Waals surface area contributed by atoms with Gasteiger partial charge in [-0.05, 0) is 48.7 Å². The highest BCUT2D eigenvalue weighted by atomic mass is 79.9. The first-order chi connectivity index (χ1) is 13.1. The Morgan fingerprint density at radius 1 is 1.26 bits per heavy atom. The average molecular weight is 426 g/mol. The van der Waals surface area contributed by atoms with Gasteiger partial charge in [0.1, 0.15) is 5.82 Å². The molecular formula is C21H20BrN3O2. The summed E-state index contributed by atoms with van der Waals surface area (Å²) in [6, 6.07) is 13.0. The summed E-state index contributed by atoms with van der Waals surface area (Å²) in [4.78, 5) is 29.9. The van der Waals surface area contributed by atoms with Crippen molar-refractivity contribution in [2.75, 3.05) is 0 Å². The van der Waals surface area contributed by atoms with Crippen molar-refractivity contribution < 1.29 is 4.79 Å². The van der Waals surface area contributed by atoms with Gasteiger partial charge in [-0.1, -0.05) is 35.0 Å². The van der Waals surface area contributed by atoms with Gasteiger partial charge in [-0.3, -0.25) is 14.2 Å². The van der Waals surface area contributed by atoms with Crippen LogP contribution in [0.4, 0.5) is 0 Å². The number of hydrogen-bond donors (Lipinski definition) is 1. The predicted molar refractivity (Wildman–Crippen MR) is 109 cm³/mol. The van der Waals surface area contributed by atoms with Crippen LogP contribution in [0.3, 0.4) is 0 Å². The van der Waals surface area contributed by atoms with E-state index in [4.69, 9.17) is 0 Å². The molecule has 5 nitrogen and oxygen atoms in total. The maximum Gasteiger partial charge on any atom is 0.261 e. The van der Waals surface area contributed by atoms with E-state index in [0.29, 0.717) is 16.5 Å². The summed E-state index contributed by atoms with van der Waals surface area (Å²) < 4.78 is 2.75. The Labute approximate surface area is 165 Å². The van der Waals surface area contributed by atoms with Crippen molar-refractivity contribution in [3.8, 4) is 0 Å². The molecule has 0 saturated heterocycles. The lowest BCUT2D eigenvalue weighted by Crippen LogP contribution is -2.28. The largest absolute Gasteiger partial charge is 0.345 e. The number of benzene rings is 2. The Morgan fingerprint density at radius 2 is 2.04 bits per heavy atom. The van der Waals surface area contributed by atoms with Crippen molar-refractivity contribution in [2.24, 2.45) is 0 Å². The van der Waals surface area contributed by atoms with Crippen molar-refractivity contribution in [1.29, 1.82) is 0 Å². The molecule has 0 radical (unpaired) electrons. The van der Waals surface area contributed by atoms with Crippen LogP contribution in [0.2, 0.25) is 0 Å². The number of rotatable bonds is 4. The van der Waals surface area contributed by atoms with Crippen LogP contribution in [-0.4, -0.2) is 15.5 Å². The molecule has 1 atom stereocenters. The second-order valence-corrected chi connectivity index (χ2v) is 7.72. The molecule has 0 spiro atoms. The molecule has 1 aliphatic rings. The van der Waals surface area contributed by atoms with Crippen LogP contribution in [0.5, 0.6) is 0 Å². The van der Waals surface area contributed by atoms with Crippen molar-refractivity contribution >= 4 is 32.7 Å². The van der Waals surface area contributed by atoms with E-state index in [0.717, 1.165) is 41.7 Å². The van der Waals surface area contributed by atoms with E-state index in [1.165, 1.54) is 0 Å². The van der Waals surface area contributed by atoms with Crippen LogP contribution >= 0.6 is 15.9 Å². The molecule has 1 aliphatic heterocycles. The third kappa shape index (κ3) is 3.41. The van der Waals surface area contributed by atoms with Crippen molar-refractivity contribution in [2.45, 2.75) is 38.8 Å². The molecule has 0 saturated carbocycles. The lowest BCUT2D eigenvalue weighted by molar-refractivity contribution is 0.0935. The molecular weight excluding hydrogens is 406 g/mol. The van der Waals surface area contributed by atoms with E-state index in [1.807, 2.05) is 31.2 Å². The highest BCUT2D eigenvalue weighted by Gasteiger charge is 2.18. The molecule has 3 aromatic rings. The number of nitrogens with one attached hydrogen (secondary N) is 1. The predicted octanol–water partition coefficient (Wildman–Crippen LogP) is 3.99. The second kappa shape index (κ2) is 7.27. The van der Waals surface area contributed by atoms with E-state index in [9.17, 15) is 9.59 Å². The highest BCUT2D eigenvalue weighted by Crippen LogP contribution is 2.21. The fourth-order valence-electron chi connectivity index (χ4n) is 3.58. The molecule has 138 valence electrons. The Kier molecular flexibility index (Phi) is 4.83. The minimum atomic E-state index is -0.158. The molecule has 0 fully saturated rings. The molecule has 1 aromatic heterocycles. The number of aryl methyl sites for hydroxylation is 1. The molecule has 0 aliphatic carbocycles. The van der Waals surface area contributed by atoms with Gasteiger partial charge in [0.2, 0.25) is 0 Å². The number of hydrogen-bond acceptors (Lipinski definition) is 3. The van der Waals surface area contributed by atoms with E-state index < -0.39 is 0 Å². The van der Waals surface area contributed by atoms with Crippen molar-refractivity contribution in [3.63, 3.8) is 0 Å². The summed E-state index contributed by atoms with van der Waals surface area (Å²) in [5, 5.41) is 3.65. The van der Waals surface area contributed by atoms with Gasteiger partial charge in [-0.2, -0.15) is 0 Å². The zero-order valence-corrected chi connectivity index (χ0v) is 16.6. The second-order valence-electron chi connectivity index (χ2n) is 6.81. The van der Waals surface area contributed by atoms with Gasteiger partial charge in [-0.15, -0.1) is 0 Å². The molecule has 27 heavy (non-hydrogen) atoms. The van der Waals surface area contributed by atoms with Gasteiger partial charge in [0, 0.05) is 23.0 Å². The van der Waals surface area contributed by atoms with Crippen LogP contribution < -0.4 is 10.9 Å². The van der Waals surface area contributed by atoms with E-state index in [-0.39, 0.29) is 17.5 Å². The van der Waals surface area contributed by atoms with Crippen LogP contribution in [0.25, 0.3) is 10.9 Å². The quantitative estimate of drug-likeness (QED) is 0.687. The smallest absolute Gasteiger partial charge is 0.261 e. The van der Waals surface area contributed by atoms with E-state index in [2.05, 4.69) is 26.2 Å². The number of halogens is 1. The maximum atomic E-state index is 12.8. The SMILES string of the molecule is CC[C@H](NC(=O)c1ccc2c(=O)n3c(nc2c1)CCC3)c1ccc(Br)cc1. The van der Waals surface area contributed by atoms with Gasteiger partial charge in [0.25, 0.3) is 11.5 Å². The molecule has 2 heterocycles. The normalized spacial score (nSPS) is 14.1. The topological polar surface area (TPSA) is 64.0 Å². The third-order valence-electron chi connectivity index (χ3n) is 5.06. The number of fused-ring (bicyclic) bond motifs is 2. The Bertz CT molecular complexity index is 1070. The van der Waals surface area contributed by atoms with E-state index >= 15 is 0 Å². The molecule has 0 bridgehead atoms. The average Bonchev–Trinajstić information content (AvgIpc) is 3.15. The van der Waals surface area contributed by atoms with Crippen LogP contribution in [0.15, 0.2) is 51.7 Å². The number of amides is 1. The van der Waals surface area contributed by atoms with Crippen molar-refractivity contribution in [1.82, 2.24) is 14.9 Å². The fraction of sp³-hybridized carbons (Fsp3) is 0.286. The first kappa shape index (κ1) is 17.9. The zero-order valence-electron chi connectivity index (χ0n) is 15.0. The van der Waals surface area contributed by atoms with Gasteiger partial charge in [0.15, 0.2) is 0 Å². The molecule has 1 amide bonds. The minimum Gasteiger partial charge on any atom is -0.345 e. The summed E-state index contributed by atoms with van der Waals surface area (Å²) in [7, 11) is 0. The van der Waals surface area contributed by atoms with Gasteiger partial charge in [-0.25, -0.2) is 4.98 Å². The van der Waals surface area contributed by atoms with Gasteiger partial charge >= 0.3 is 0 Å². The summed E-state index contributed by atoms with van der Waals surface area (Å²) in [6.45, 7) is 2.77. The standard InChI is InChI=1S/C21H20BrN3O2/c1-2-17(13-5-8-15(22)9-6-13)24-20(26)14-7-10-16-18(12-14)23-19-4-3-11-25(19)21(16)27/h5-10,12,17H,2-4,11H2,1H3,(H,24,26)/t17-/m0/s1. The van der Waals surface area contributed by atoms with Gasteiger partial charge < -0.3 is 5.32 Å². The maximum absolute atomic E-state index is 12.8. The zero-order chi connectivity index (χ0) is 19.0. The number of nitrogens with zero attached hydrogens (tertiary/aromatic N) is 2. The molecule has 4 rings (SSSR count). The summed E-state index contributed by atoms with van der Waals surface area (Å²) in [5.74, 6) is 0.653. The number of aromatic nitrogens is 2. The Hall–Kier alpha value is -2.47. The third-order valence-corrected chi connectivity index (χ3v) is 5.59. The highest BCUT2D eigenvalue weighted by molar-refractivity contribution is 9.10. The lowest BCUT2D eigenvalue weighted by Gasteiger charge is -2.18. The fourth-order valence-corrected chi connectivity index (χ4v) is 3.85. The summed E-state index contributed by atoms with van der Waals surface area (Å²) in [6.07, 6.45) is 2.54. The Balaban J connectivity index is 1.63.